The molecule has 0 unspecified atom stereocenters. The Hall–Kier alpha value is -1.32. The highest BCUT2D eigenvalue weighted by atomic mass is 32.2. The van der Waals surface area contributed by atoms with Crippen LogP contribution in [0.15, 0.2) is 23.1 Å². The number of nitro groups is 1. The van der Waals surface area contributed by atoms with Crippen LogP contribution in [0.2, 0.25) is 0 Å². The van der Waals surface area contributed by atoms with E-state index in [0.717, 1.165) is 18.9 Å². The molecule has 0 spiro atoms. The second-order valence-corrected chi connectivity index (χ2v) is 8.40. The third kappa shape index (κ3) is 3.36. The van der Waals surface area contributed by atoms with Gasteiger partial charge in [0.1, 0.15) is 5.69 Å². The lowest BCUT2D eigenvalue weighted by Gasteiger charge is -2.40. The molecule has 0 radical (unpaired) electrons. The van der Waals surface area contributed by atoms with Crippen LogP contribution in [-0.4, -0.2) is 37.9 Å². The Labute approximate surface area is 134 Å². The van der Waals surface area contributed by atoms with E-state index in [-0.39, 0.29) is 15.3 Å². The standard InChI is InChI=1S/C13H19N3O4S2/c1-14-22(19,20)10-4-5-11(12(8-10)16(17)18)15-9-13(21-2)6-3-7-13/h4-5,8,14-15H,3,6-7,9H2,1-2H3. The van der Waals surface area contributed by atoms with Crippen molar-refractivity contribution in [2.75, 3.05) is 25.2 Å². The summed E-state index contributed by atoms with van der Waals surface area (Å²) >= 11 is 1.77. The Bertz CT molecular complexity index is 666. The smallest absolute Gasteiger partial charge is 0.293 e. The van der Waals surface area contributed by atoms with Crippen LogP contribution >= 0.6 is 11.8 Å². The molecule has 1 fully saturated rings. The summed E-state index contributed by atoms with van der Waals surface area (Å²) in [5, 5.41) is 14.3. The molecule has 0 saturated heterocycles. The number of thioether (sulfide) groups is 1. The number of rotatable bonds is 7. The zero-order valence-corrected chi connectivity index (χ0v) is 14.1. The minimum absolute atomic E-state index is 0.115. The molecule has 1 aliphatic carbocycles. The lowest BCUT2D eigenvalue weighted by Crippen LogP contribution is -2.40. The highest BCUT2D eigenvalue weighted by molar-refractivity contribution is 8.00. The average molecular weight is 345 g/mol. The van der Waals surface area contributed by atoms with Gasteiger partial charge in [0.15, 0.2) is 0 Å². The predicted molar refractivity (Wildman–Crippen MR) is 87.9 cm³/mol. The SMILES string of the molecule is CNS(=O)(=O)c1ccc(NCC2(SC)CCC2)c([N+](=O)[O-])c1. The molecule has 1 aromatic carbocycles. The first kappa shape index (κ1) is 17.0. The van der Waals surface area contributed by atoms with E-state index >= 15 is 0 Å². The van der Waals surface area contributed by atoms with Crippen molar-refractivity contribution in [1.29, 1.82) is 0 Å². The summed E-state index contributed by atoms with van der Waals surface area (Å²) in [4.78, 5) is 10.5. The normalized spacial score (nSPS) is 16.8. The van der Waals surface area contributed by atoms with Crippen LogP contribution in [0.1, 0.15) is 19.3 Å². The molecule has 0 atom stereocenters. The van der Waals surface area contributed by atoms with Gasteiger partial charge in [-0.15, -0.1) is 0 Å². The van der Waals surface area contributed by atoms with E-state index in [1.165, 1.54) is 25.6 Å². The molecule has 0 heterocycles. The molecule has 0 aromatic heterocycles. The Morgan fingerprint density at radius 1 is 1.41 bits per heavy atom. The predicted octanol–water partition coefficient (Wildman–Crippen LogP) is 2.20. The molecule has 0 aliphatic heterocycles. The number of benzene rings is 1. The largest absolute Gasteiger partial charge is 0.378 e. The maximum atomic E-state index is 11.7. The third-order valence-corrected chi connectivity index (χ3v) is 6.87. The van der Waals surface area contributed by atoms with E-state index in [1.807, 2.05) is 6.26 Å². The van der Waals surface area contributed by atoms with Crippen molar-refractivity contribution >= 4 is 33.2 Å². The highest BCUT2D eigenvalue weighted by Crippen LogP contribution is 2.43. The van der Waals surface area contributed by atoms with Gasteiger partial charge in [0.25, 0.3) is 5.69 Å². The Morgan fingerprint density at radius 3 is 2.55 bits per heavy atom. The van der Waals surface area contributed by atoms with Crippen LogP contribution in [0, 0.1) is 10.1 Å². The first-order valence-corrected chi connectivity index (χ1v) is 9.55. The van der Waals surface area contributed by atoms with Crippen molar-refractivity contribution in [1.82, 2.24) is 4.72 Å². The Kier molecular flexibility index (Phi) is 4.98. The highest BCUT2D eigenvalue weighted by Gasteiger charge is 2.36. The fourth-order valence-corrected chi connectivity index (χ4v) is 4.04. The van der Waals surface area contributed by atoms with E-state index in [0.29, 0.717) is 12.2 Å². The molecule has 2 N–H and O–H groups in total. The van der Waals surface area contributed by atoms with Gasteiger partial charge < -0.3 is 5.32 Å². The lowest BCUT2D eigenvalue weighted by molar-refractivity contribution is -0.384. The number of anilines is 1. The van der Waals surface area contributed by atoms with Crippen LogP contribution in [0.5, 0.6) is 0 Å². The van der Waals surface area contributed by atoms with Gasteiger partial charge in [-0.2, -0.15) is 11.8 Å². The van der Waals surface area contributed by atoms with E-state index in [2.05, 4.69) is 10.0 Å². The summed E-state index contributed by atoms with van der Waals surface area (Å²) in [6.07, 6.45) is 5.38. The summed E-state index contributed by atoms with van der Waals surface area (Å²) in [5.74, 6) is 0. The Balaban J connectivity index is 2.26. The van der Waals surface area contributed by atoms with Crippen LogP contribution < -0.4 is 10.0 Å². The number of nitro benzene ring substituents is 1. The number of nitrogens with one attached hydrogen (secondary N) is 2. The summed E-state index contributed by atoms with van der Waals surface area (Å²) in [6.45, 7) is 0.632. The Morgan fingerprint density at radius 2 is 2.09 bits per heavy atom. The number of sulfonamides is 1. The number of hydrogen-bond donors (Lipinski definition) is 2. The summed E-state index contributed by atoms with van der Waals surface area (Å²) < 4.78 is 25.8. The van der Waals surface area contributed by atoms with Gasteiger partial charge in [0.05, 0.1) is 9.82 Å². The third-order valence-electron chi connectivity index (χ3n) is 4.04. The molecule has 0 bridgehead atoms. The van der Waals surface area contributed by atoms with E-state index in [4.69, 9.17) is 0 Å². The van der Waals surface area contributed by atoms with Gasteiger partial charge in [-0.1, -0.05) is 6.42 Å². The van der Waals surface area contributed by atoms with Gasteiger partial charge in [-0.3, -0.25) is 10.1 Å². The van der Waals surface area contributed by atoms with E-state index in [9.17, 15) is 18.5 Å². The molecule has 1 saturated carbocycles. The molecule has 1 aliphatic rings. The van der Waals surface area contributed by atoms with Crippen molar-refractivity contribution in [3.8, 4) is 0 Å². The van der Waals surface area contributed by atoms with E-state index in [1.54, 1.807) is 11.8 Å². The second-order valence-electron chi connectivity index (χ2n) is 5.24. The van der Waals surface area contributed by atoms with Crippen molar-refractivity contribution in [2.45, 2.75) is 28.9 Å². The zero-order valence-electron chi connectivity index (χ0n) is 12.5. The topological polar surface area (TPSA) is 101 Å². The van der Waals surface area contributed by atoms with Crippen LogP contribution in [0.4, 0.5) is 11.4 Å². The molecule has 22 heavy (non-hydrogen) atoms. The van der Waals surface area contributed by atoms with Crippen LogP contribution in [-0.2, 0) is 10.0 Å². The molecular weight excluding hydrogens is 326 g/mol. The molecular formula is C13H19N3O4S2. The summed E-state index contributed by atoms with van der Waals surface area (Å²) in [5.41, 5.74) is 0.118. The van der Waals surface area contributed by atoms with Gasteiger partial charge in [-0.05, 0) is 38.3 Å². The minimum Gasteiger partial charge on any atom is -0.378 e. The molecule has 2 rings (SSSR count). The minimum atomic E-state index is -3.70. The van der Waals surface area contributed by atoms with Crippen LogP contribution in [0.3, 0.4) is 0 Å². The van der Waals surface area contributed by atoms with Gasteiger partial charge in [0, 0.05) is 17.4 Å². The lowest BCUT2D eigenvalue weighted by atomic mass is 9.84. The zero-order chi connectivity index (χ0) is 16.4. The molecule has 0 amide bonds. The average Bonchev–Trinajstić information content (AvgIpc) is 2.46. The van der Waals surface area contributed by atoms with Crippen molar-refractivity contribution in [2.24, 2.45) is 0 Å². The molecule has 122 valence electrons. The maximum absolute atomic E-state index is 11.7. The molecule has 1 aromatic rings. The fraction of sp³-hybridized carbons (Fsp3) is 0.538. The first-order valence-electron chi connectivity index (χ1n) is 6.84. The first-order chi connectivity index (χ1) is 10.3. The summed E-state index contributed by atoms with van der Waals surface area (Å²) in [6, 6.07) is 3.91. The summed E-state index contributed by atoms with van der Waals surface area (Å²) in [7, 11) is -2.43. The fourth-order valence-electron chi connectivity index (χ4n) is 2.38. The number of hydrogen-bond acceptors (Lipinski definition) is 6. The molecule has 7 nitrogen and oxygen atoms in total. The van der Waals surface area contributed by atoms with Crippen molar-refractivity contribution < 1.29 is 13.3 Å². The van der Waals surface area contributed by atoms with Crippen molar-refractivity contribution in [3.05, 3.63) is 28.3 Å². The van der Waals surface area contributed by atoms with E-state index < -0.39 is 14.9 Å². The number of nitrogens with zero attached hydrogens (tertiary/aromatic N) is 1. The van der Waals surface area contributed by atoms with Gasteiger partial charge >= 0.3 is 0 Å². The second kappa shape index (κ2) is 6.43. The monoisotopic (exact) mass is 345 g/mol. The van der Waals surface area contributed by atoms with Crippen molar-refractivity contribution in [3.63, 3.8) is 0 Å². The van der Waals surface area contributed by atoms with Gasteiger partial charge in [0.2, 0.25) is 10.0 Å². The van der Waals surface area contributed by atoms with Gasteiger partial charge in [-0.25, -0.2) is 13.1 Å². The quantitative estimate of drug-likeness (QED) is 0.580. The maximum Gasteiger partial charge on any atom is 0.293 e. The molecule has 9 heteroatoms. The van der Waals surface area contributed by atoms with Crippen LogP contribution in [0.25, 0.3) is 0 Å².